The third-order valence-electron chi connectivity index (χ3n) is 5.26. The van der Waals surface area contributed by atoms with Crippen molar-refractivity contribution >= 4 is 28.8 Å². The van der Waals surface area contributed by atoms with Gasteiger partial charge in [0.15, 0.2) is 16.6 Å². The van der Waals surface area contributed by atoms with Crippen LogP contribution in [0.15, 0.2) is 36.5 Å². The molecule has 4 rings (SSSR count). The summed E-state index contributed by atoms with van der Waals surface area (Å²) in [4.78, 5) is 7.01. The Morgan fingerprint density at radius 3 is 2.59 bits per heavy atom. The van der Waals surface area contributed by atoms with Crippen molar-refractivity contribution < 1.29 is 9.47 Å². The number of benzene rings is 1. The normalized spacial score (nSPS) is 20.8. The molecule has 2 aliphatic rings. The van der Waals surface area contributed by atoms with Crippen LogP contribution >= 0.6 is 12.2 Å². The maximum absolute atomic E-state index is 5.63. The van der Waals surface area contributed by atoms with Crippen LogP contribution < -0.4 is 25.0 Å². The van der Waals surface area contributed by atoms with E-state index in [9.17, 15) is 0 Å². The van der Waals surface area contributed by atoms with Crippen molar-refractivity contribution in [1.29, 1.82) is 0 Å². The maximum Gasteiger partial charge on any atom is 0.171 e. The Kier molecular flexibility index (Phi) is 6.04. The monoisotopic (exact) mass is 412 g/mol. The Bertz CT molecular complexity index is 848. The second-order valence-electron chi connectivity index (χ2n) is 8.04. The van der Waals surface area contributed by atoms with Gasteiger partial charge in [-0.2, -0.15) is 0 Å². The summed E-state index contributed by atoms with van der Waals surface area (Å²) >= 11 is 5.43. The van der Waals surface area contributed by atoms with Crippen molar-refractivity contribution in [2.75, 3.05) is 36.5 Å². The molecule has 29 heavy (non-hydrogen) atoms. The van der Waals surface area contributed by atoms with Crippen molar-refractivity contribution in [3.8, 4) is 11.5 Å². The Balaban J connectivity index is 1.29. The van der Waals surface area contributed by atoms with Gasteiger partial charge in [-0.1, -0.05) is 19.9 Å². The fourth-order valence-corrected chi connectivity index (χ4v) is 4.24. The molecule has 2 aromatic rings. The Morgan fingerprint density at radius 1 is 1.10 bits per heavy atom. The third-order valence-corrected chi connectivity index (χ3v) is 5.50. The molecule has 2 N–H and O–H groups in total. The van der Waals surface area contributed by atoms with Crippen LogP contribution in [0.2, 0.25) is 0 Å². The van der Waals surface area contributed by atoms with E-state index in [2.05, 4.69) is 40.4 Å². The molecule has 0 bridgehead atoms. The van der Waals surface area contributed by atoms with Gasteiger partial charge in [0.1, 0.15) is 19.0 Å². The molecule has 2 atom stereocenters. The van der Waals surface area contributed by atoms with Crippen LogP contribution in [0.3, 0.4) is 0 Å². The van der Waals surface area contributed by atoms with Gasteiger partial charge in [-0.25, -0.2) is 4.98 Å². The number of ether oxygens (including phenoxy) is 2. The van der Waals surface area contributed by atoms with Crippen molar-refractivity contribution in [1.82, 2.24) is 10.3 Å². The molecule has 154 valence electrons. The van der Waals surface area contributed by atoms with Crippen LogP contribution in [0.25, 0.3) is 0 Å². The van der Waals surface area contributed by atoms with Crippen LogP contribution in [0.5, 0.6) is 11.5 Å². The predicted molar refractivity (Wildman–Crippen MR) is 120 cm³/mol. The lowest BCUT2D eigenvalue weighted by molar-refractivity contribution is 0.171. The predicted octanol–water partition coefficient (Wildman–Crippen LogP) is 3.82. The number of hydrogen-bond acceptors (Lipinski definition) is 5. The number of piperidine rings is 1. The summed E-state index contributed by atoms with van der Waals surface area (Å²) in [7, 11) is 0. The van der Waals surface area contributed by atoms with E-state index in [0.29, 0.717) is 36.7 Å². The van der Waals surface area contributed by atoms with Gasteiger partial charge in [0.05, 0.1) is 11.9 Å². The van der Waals surface area contributed by atoms with E-state index in [1.54, 1.807) is 0 Å². The third kappa shape index (κ3) is 5.09. The lowest BCUT2D eigenvalue weighted by Crippen LogP contribution is -2.39. The van der Waals surface area contributed by atoms with Gasteiger partial charge in [-0.05, 0) is 60.3 Å². The number of nitrogens with zero attached hydrogens (tertiary/aromatic N) is 2. The first-order chi connectivity index (χ1) is 14.1. The van der Waals surface area contributed by atoms with Gasteiger partial charge in [-0.15, -0.1) is 0 Å². The summed E-state index contributed by atoms with van der Waals surface area (Å²) in [6, 6.07) is 10.0. The largest absolute Gasteiger partial charge is 0.486 e. The average Bonchev–Trinajstić information content (AvgIpc) is 2.72. The summed E-state index contributed by atoms with van der Waals surface area (Å²) in [5.74, 6) is 4.02. The molecule has 1 aromatic carbocycles. The van der Waals surface area contributed by atoms with Gasteiger partial charge in [0.25, 0.3) is 0 Å². The molecule has 7 heteroatoms. The van der Waals surface area contributed by atoms with Gasteiger partial charge >= 0.3 is 0 Å². The van der Waals surface area contributed by atoms with Crippen LogP contribution in [-0.2, 0) is 6.54 Å². The number of thiocarbonyl (C=S) groups is 1. The second-order valence-corrected chi connectivity index (χ2v) is 8.45. The van der Waals surface area contributed by atoms with E-state index in [4.69, 9.17) is 21.7 Å². The van der Waals surface area contributed by atoms with Gasteiger partial charge in [0.2, 0.25) is 0 Å². The van der Waals surface area contributed by atoms with Crippen LogP contribution in [0, 0.1) is 11.8 Å². The highest BCUT2D eigenvalue weighted by Crippen LogP contribution is 2.30. The molecule has 1 saturated heterocycles. The molecule has 3 heterocycles. The first-order valence-electron chi connectivity index (χ1n) is 10.2. The highest BCUT2D eigenvalue weighted by atomic mass is 32.1. The minimum atomic E-state index is 0.564. The Morgan fingerprint density at radius 2 is 1.86 bits per heavy atom. The smallest absolute Gasteiger partial charge is 0.171 e. The van der Waals surface area contributed by atoms with Gasteiger partial charge in [0, 0.05) is 19.6 Å². The summed E-state index contributed by atoms with van der Waals surface area (Å²) < 4.78 is 11.2. The zero-order chi connectivity index (χ0) is 20.2. The zero-order valence-electron chi connectivity index (χ0n) is 17.0. The van der Waals surface area contributed by atoms with E-state index >= 15 is 0 Å². The van der Waals surface area contributed by atoms with Gasteiger partial charge < -0.3 is 25.0 Å². The van der Waals surface area contributed by atoms with Crippen LogP contribution in [0.1, 0.15) is 25.8 Å². The molecule has 6 nitrogen and oxygen atoms in total. The molecule has 0 spiro atoms. The minimum absolute atomic E-state index is 0.564. The standard InChI is InChI=1S/C22H28N4O2S/c1-15-9-16(2)14-26(13-15)21-6-4-18(12-23-21)25-22(29)24-11-17-3-5-19-20(10-17)28-8-7-27-19/h3-6,10,12,15-16H,7-9,11,13-14H2,1-2H3,(H2,24,25,29)/t15-,16-/m1/s1. The molecule has 1 aromatic heterocycles. The topological polar surface area (TPSA) is 58.7 Å². The molecular weight excluding hydrogens is 384 g/mol. The van der Waals surface area contributed by atoms with Crippen molar-refractivity contribution in [2.45, 2.75) is 26.8 Å². The number of hydrogen-bond donors (Lipinski definition) is 2. The number of anilines is 2. The van der Waals surface area contributed by atoms with E-state index in [0.717, 1.165) is 41.7 Å². The minimum Gasteiger partial charge on any atom is -0.486 e. The van der Waals surface area contributed by atoms with Gasteiger partial charge in [-0.3, -0.25) is 0 Å². The SMILES string of the molecule is C[C@@H]1C[C@@H](C)CN(c2ccc(NC(=S)NCc3ccc4c(c3)OCCO4)cn2)C1. The molecule has 2 aliphatic heterocycles. The molecule has 0 saturated carbocycles. The summed E-state index contributed by atoms with van der Waals surface area (Å²) in [6.45, 7) is 8.55. The highest BCUT2D eigenvalue weighted by Gasteiger charge is 2.22. The lowest BCUT2D eigenvalue weighted by atomic mass is 9.92. The number of rotatable bonds is 4. The zero-order valence-corrected chi connectivity index (χ0v) is 17.8. The maximum atomic E-state index is 5.63. The van der Waals surface area contributed by atoms with Crippen molar-refractivity contribution in [3.05, 3.63) is 42.1 Å². The Labute approximate surface area is 177 Å². The van der Waals surface area contributed by atoms with E-state index < -0.39 is 0 Å². The summed E-state index contributed by atoms with van der Waals surface area (Å²) in [5, 5.41) is 7.00. The van der Waals surface area contributed by atoms with E-state index in [-0.39, 0.29) is 0 Å². The molecular formula is C22H28N4O2S. The van der Waals surface area contributed by atoms with Crippen molar-refractivity contribution in [3.63, 3.8) is 0 Å². The molecule has 1 fully saturated rings. The highest BCUT2D eigenvalue weighted by molar-refractivity contribution is 7.80. The lowest BCUT2D eigenvalue weighted by Gasteiger charge is -2.35. The number of pyridine rings is 1. The quantitative estimate of drug-likeness (QED) is 0.740. The molecule has 0 amide bonds. The first-order valence-corrected chi connectivity index (χ1v) is 10.6. The first kappa shape index (κ1) is 19.8. The summed E-state index contributed by atoms with van der Waals surface area (Å²) in [5.41, 5.74) is 1.96. The number of aromatic nitrogens is 1. The second kappa shape index (κ2) is 8.86. The number of nitrogens with one attached hydrogen (secondary N) is 2. The van der Waals surface area contributed by atoms with Crippen LogP contribution in [0.4, 0.5) is 11.5 Å². The molecule has 0 radical (unpaired) electrons. The average molecular weight is 413 g/mol. The number of fused-ring (bicyclic) bond motifs is 1. The summed E-state index contributed by atoms with van der Waals surface area (Å²) in [6.07, 6.45) is 3.14. The fraction of sp³-hybridized carbons (Fsp3) is 0.455. The Hall–Kier alpha value is -2.54. The fourth-order valence-electron chi connectivity index (χ4n) is 4.05. The molecule has 0 aliphatic carbocycles. The van der Waals surface area contributed by atoms with Crippen molar-refractivity contribution in [2.24, 2.45) is 11.8 Å². The molecule has 0 unspecified atom stereocenters. The van der Waals surface area contributed by atoms with Crippen LogP contribution in [-0.4, -0.2) is 36.4 Å². The van der Waals surface area contributed by atoms with E-state index in [1.807, 2.05) is 30.5 Å². The van der Waals surface area contributed by atoms with E-state index in [1.165, 1.54) is 6.42 Å².